The lowest BCUT2D eigenvalue weighted by atomic mass is 10.0. The molecule has 5 aliphatic rings. The number of rotatable bonds is 30. The predicted octanol–water partition coefficient (Wildman–Crippen LogP) is 15.2. The van der Waals surface area contributed by atoms with E-state index in [9.17, 15) is 66.1 Å². The molecule has 0 amide bonds. The molecule has 0 spiro atoms. The molecule has 0 radical (unpaired) electrons. The highest BCUT2D eigenvalue weighted by Crippen LogP contribution is 2.53. The topological polar surface area (TPSA) is 477 Å². The van der Waals surface area contributed by atoms with Crippen LogP contribution < -0.4 is 75.3 Å². The minimum absolute atomic E-state index is 0.00501. The maximum atomic E-state index is 13.0. The number of sulfonamides is 5. The second-order valence-corrected chi connectivity index (χ2v) is 43.0. The van der Waals surface area contributed by atoms with Gasteiger partial charge in [0.25, 0.3) is 50.1 Å². The third-order valence-corrected chi connectivity index (χ3v) is 32.7. The lowest BCUT2D eigenvalue weighted by Gasteiger charge is -2.21. The fourth-order valence-electron chi connectivity index (χ4n) is 12.6. The normalized spacial score (nSPS) is 13.2. The van der Waals surface area contributed by atoms with Crippen molar-refractivity contribution >= 4 is 183 Å². The predicted molar refractivity (Wildman–Crippen MR) is 487 cm³/mol. The summed E-state index contributed by atoms with van der Waals surface area (Å²) in [5, 5.41) is 26.1. The van der Waals surface area contributed by atoms with Crippen molar-refractivity contribution in [1.29, 1.82) is 0 Å². The Labute approximate surface area is 768 Å². The Hall–Kier alpha value is -12.3. The van der Waals surface area contributed by atoms with Crippen LogP contribution in [0, 0.1) is 27.7 Å². The molecule has 5 aromatic heterocycles. The van der Waals surface area contributed by atoms with Gasteiger partial charge in [-0.05, 0) is 214 Å². The van der Waals surface area contributed by atoms with Gasteiger partial charge in [0.2, 0.25) is 39.7 Å². The van der Waals surface area contributed by atoms with Gasteiger partial charge in [-0.3, -0.25) is 32.8 Å². The van der Waals surface area contributed by atoms with Crippen LogP contribution in [0.15, 0.2) is 157 Å². The van der Waals surface area contributed by atoms with Gasteiger partial charge in [0.1, 0.15) is 26.6 Å². The van der Waals surface area contributed by atoms with Crippen molar-refractivity contribution in [2.24, 2.45) is 0 Å². The van der Waals surface area contributed by atoms with E-state index < -0.39 is 79.6 Å². The van der Waals surface area contributed by atoms with E-state index in [1.807, 2.05) is 6.92 Å². The highest BCUT2D eigenvalue weighted by atomic mass is 32.3. The zero-order valence-corrected chi connectivity index (χ0v) is 79.2. The first-order valence-corrected chi connectivity index (χ1v) is 50.5. The number of nitrogens with zero attached hydrogens (tertiary/aromatic N) is 1. The summed E-state index contributed by atoms with van der Waals surface area (Å²) in [6.07, 6.45) is 8.75. The van der Waals surface area contributed by atoms with Crippen LogP contribution >= 0.6 is 56.7 Å². The van der Waals surface area contributed by atoms with E-state index in [1.54, 1.807) is 143 Å². The molecule has 0 bridgehead atoms. The summed E-state index contributed by atoms with van der Waals surface area (Å²) in [5.41, 5.74) is 6.68. The zero-order chi connectivity index (χ0) is 94.2. The zero-order valence-electron chi connectivity index (χ0n) is 71.1. The van der Waals surface area contributed by atoms with Gasteiger partial charge in [0, 0.05) is 54.8 Å². The van der Waals surface area contributed by atoms with Crippen LogP contribution in [-0.2, 0) is 101 Å². The number of methoxy groups -OCH3 is 1. The van der Waals surface area contributed by atoms with Gasteiger partial charge in [-0.15, -0.1) is 56.7 Å². The Kier molecular flexibility index (Phi) is 32.2. The van der Waals surface area contributed by atoms with Crippen LogP contribution in [0.3, 0.4) is 0 Å². The standard InChI is InChI=1S/C20H23NO7S2.C17H19NO6S2.C17H17NO6S2.C15H15NO6S2.C15H13NO6S2/c1-20(2,3)28-15(22)9-8-13-11-14(18-19(17(13)25-5)27-12-26-18)21(4)30(23,24)16-7-6-10-29-16;2*1-3-22-14(19)7-6-12-9-13(17-16(11(12)2)23-10-24-17)18-26(20,21)15-5-4-8-25-15;2*1-9-10(4-5-12(17)18)7-11(15-14(9)21-8-22-15)16-24(19,20)13-3-2-6-23-13/h6-11H,12H2,1-5H3;4-5,8-9,18H,3,6-7,10H2,1-2H3;4-9,18H,3,10H2,1-2H3;2-3,6-7,16H,4-5,8H2,1H3,(H,17,18);2-7,16H,8H2,1H3,(H,17,18)/b9-8+;;7-6+;;5-4+. The molecule has 36 nitrogen and oxygen atoms in total. The molecule has 0 atom stereocenters. The highest BCUT2D eigenvalue weighted by Gasteiger charge is 2.36. The first-order chi connectivity index (χ1) is 61.6. The Bertz CT molecular complexity index is 6530. The molecule has 5 aromatic carbocycles. The van der Waals surface area contributed by atoms with Crippen molar-refractivity contribution in [3.05, 3.63) is 186 Å². The molecule has 0 fully saturated rings. The van der Waals surface area contributed by atoms with E-state index >= 15 is 0 Å². The van der Waals surface area contributed by atoms with E-state index in [2.05, 4.69) is 18.9 Å². The van der Waals surface area contributed by atoms with Gasteiger partial charge >= 0.3 is 29.8 Å². The van der Waals surface area contributed by atoms with Crippen LogP contribution in [0.4, 0.5) is 28.4 Å². The number of ether oxygens (including phenoxy) is 14. The largest absolute Gasteiger partial charge is 0.492 e. The number of hydrogen-bond acceptors (Lipinski definition) is 34. The van der Waals surface area contributed by atoms with Crippen molar-refractivity contribution in [3.8, 4) is 63.2 Å². The SMILES string of the molecule is CCOC(=O)/C=C/c1cc(NS(=O)(=O)c2cccs2)c2c(c1C)OCO2.CCOC(=O)CCc1cc(NS(=O)(=O)c2cccs2)c2c(c1C)OCO2.COc1c(/C=C/C(=O)OC(C)(C)C)cc(N(C)S(=O)(=O)c2cccs2)c2c1OCO2.Cc1c(/C=C/C(=O)O)cc(NS(=O)(=O)c2cccs2)c2c1OCO2.Cc1c(CCC(=O)O)cc(NS(=O)(=O)c2cccs2)c2c1OCO2. The molecule has 0 unspecified atom stereocenters. The molecule has 10 aromatic rings. The number of benzene rings is 5. The van der Waals surface area contributed by atoms with Crippen molar-refractivity contribution in [3.63, 3.8) is 0 Å². The number of aryl methyl sites for hydroxylation is 2. The van der Waals surface area contributed by atoms with E-state index in [4.69, 9.17) is 76.5 Å². The monoisotopic (exact) mass is 1980 g/mol. The van der Waals surface area contributed by atoms with Gasteiger partial charge in [-0.2, -0.15) is 0 Å². The average molecular weight is 1980 g/mol. The number of esters is 3. The van der Waals surface area contributed by atoms with E-state index in [0.717, 1.165) is 89.3 Å². The first-order valence-electron chi connectivity index (χ1n) is 38.7. The average Bonchev–Trinajstić information content (AvgIpc) is 1.63. The van der Waals surface area contributed by atoms with Gasteiger partial charge in [0.15, 0.2) is 57.5 Å². The van der Waals surface area contributed by atoms with Crippen LogP contribution in [-0.4, -0.2) is 149 Å². The maximum absolute atomic E-state index is 13.0. The van der Waals surface area contributed by atoms with Gasteiger partial charge < -0.3 is 76.5 Å². The lowest BCUT2D eigenvalue weighted by molar-refractivity contribution is -0.148. The quantitative estimate of drug-likeness (QED) is 0.0138. The number of thiophene rings is 5. The number of fused-ring (bicyclic) bond motifs is 5. The molecule has 0 aliphatic carbocycles. The number of carbonyl (C=O) groups excluding carboxylic acids is 3. The third-order valence-electron chi connectivity index (χ3n) is 18.5. The molecular weight excluding hydrogens is 1900 g/mol. The summed E-state index contributed by atoms with van der Waals surface area (Å²) in [6.45, 7) is 16.5. The smallest absolute Gasteiger partial charge is 0.331 e. The number of carboxylic acids is 2. The van der Waals surface area contributed by atoms with Crippen LogP contribution in [0.2, 0.25) is 0 Å². The molecular formula is C84H87N5O31S10. The number of carbonyl (C=O) groups is 5. The maximum Gasteiger partial charge on any atom is 0.331 e. The third kappa shape index (κ3) is 24.2. The number of anilines is 5. The molecule has 10 heterocycles. The summed E-state index contributed by atoms with van der Waals surface area (Å²) in [4.78, 5) is 56.8. The summed E-state index contributed by atoms with van der Waals surface area (Å²) in [5.74, 6) is 0.594. The van der Waals surface area contributed by atoms with Crippen LogP contribution in [0.1, 0.15) is 97.5 Å². The number of nitrogens with one attached hydrogen (secondary N) is 4. The van der Waals surface area contributed by atoms with Crippen molar-refractivity contribution < 1.29 is 143 Å². The molecule has 694 valence electrons. The summed E-state index contributed by atoms with van der Waals surface area (Å²) < 4.78 is 213. The van der Waals surface area contributed by atoms with Crippen LogP contribution in [0.5, 0.6) is 63.2 Å². The summed E-state index contributed by atoms with van der Waals surface area (Å²) >= 11 is 5.55. The lowest BCUT2D eigenvalue weighted by Crippen LogP contribution is -2.26. The van der Waals surface area contributed by atoms with Crippen molar-refractivity contribution in [1.82, 2.24) is 0 Å². The molecule has 0 saturated carbocycles. The second-order valence-electron chi connectivity index (χ2n) is 28.4. The first kappa shape index (κ1) is 98.3. The molecule has 46 heteroatoms. The summed E-state index contributed by atoms with van der Waals surface area (Å²) in [6, 6.07) is 23.8. The Morgan fingerprint density at radius 1 is 0.431 bits per heavy atom. The fraction of sp³-hybridized carbons (Fsp3) is 0.274. The minimum atomic E-state index is -3.80. The number of hydrogen-bond donors (Lipinski definition) is 6. The Morgan fingerprint density at radius 3 is 1.13 bits per heavy atom. The Balaban J connectivity index is 0.000000157. The Morgan fingerprint density at radius 2 is 0.769 bits per heavy atom. The molecule has 5 aliphatic heterocycles. The van der Waals surface area contributed by atoms with E-state index in [1.165, 1.54) is 74.9 Å². The molecule has 15 rings (SSSR count). The molecule has 6 N–H and O–H groups in total. The van der Waals surface area contributed by atoms with Gasteiger partial charge in [-0.1, -0.05) is 30.3 Å². The van der Waals surface area contributed by atoms with Crippen LogP contribution in [0.25, 0.3) is 18.2 Å². The van der Waals surface area contributed by atoms with E-state index in [0.29, 0.717) is 98.3 Å². The van der Waals surface area contributed by atoms with E-state index in [-0.39, 0.29) is 121 Å². The minimum Gasteiger partial charge on any atom is -0.492 e. The highest BCUT2D eigenvalue weighted by molar-refractivity contribution is 7.96. The second kappa shape index (κ2) is 42.5. The molecule has 0 saturated heterocycles. The van der Waals surface area contributed by atoms with Crippen molar-refractivity contribution in [2.45, 2.75) is 115 Å². The number of aliphatic carboxylic acids is 2. The molecule has 130 heavy (non-hydrogen) atoms. The van der Waals surface area contributed by atoms with Gasteiger partial charge in [-0.25, -0.2) is 56.5 Å². The van der Waals surface area contributed by atoms with Gasteiger partial charge in [0.05, 0.1) is 48.8 Å². The van der Waals surface area contributed by atoms with Crippen molar-refractivity contribution in [2.75, 3.05) is 84.5 Å². The fourth-order valence-corrected chi connectivity index (χ4v) is 23.1. The summed E-state index contributed by atoms with van der Waals surface area (Å²) in [7, 11) is -15.9. The number of carboxylic acid groups (broad SMARTS) is 2.